The molecule has 0 spiro atoms. The third-order valence-corrected chi connectivity index (χ3v) is 4.34. The first-order valence-electron chi connectivity index (χ1n) is 7.78. The second kappa shape index (κ2) is 8.00. The first kappa shape index (κ1) is 15.0. The largest absolute Gasteiger partial charge is 0.390 e. The van der Waals surface area contributed by atoms with E-state index in [9.17, 15) is 5.11 Å². The van der Waals surface area contributed by atoms with E-state index in [2.05, 4.69) is 15.9 Å². The van der Waals surface area contributed by atoms with Crippen LogP contribution in [0.1, 0.15) is 32.1 Å². The van der Waals surface area contributed by atoms with Gasteiger partial charge in [0.2, 0.25) is 0 Å². The summed E-state index contributed by atoms with van der Waals surface area (Å²) in [6.07, 6.45) is 8.73. The van der Waals surface area contributed by atoms with Crippen LogP contribution in [0.3, 0.4) is 0 Å². The summed E-state index contributed by atoms with van der Waals surface area (Å²) >= 11 is 0. The van der Waals surface area contributed by atoms with Gasteiger partial charge in [-0.3, -0.25) is 4.90 Å². The van der Waals surface area contributed by atoms with E-state index in [1.54, 1.807) is 5.57 Å². The lowest BCUT2D eigenvalue weighted by molar-refractivity contribution is 0.0768. The van der Waals surface area contributed by atoms with Crippen molar-refractivity contribution in [1.82, 2.24) is 9.80 Å². The molecule has 0 aromatic heterocycles. The maximum Gasteiger partial charge on any atom is 0.0789 e. The normalized spacial score (nSPS) is 24.2. The van der Waals surface area contributed by atoms with E-state index in [1.165, 1.54) is 38.6 Å². The van der Waals surface area contributed by atoms with Gasteiger partial charge >= 0.3 is 0 Å². The molecule has 4 heteroatoms. The summed E-state index contributed by atoms with van der Waals surface area (Å²) in [6.45, 7) is 6.70. The molecule has 0 saturated carbocycles. The fraction of sp³-hybridized carbons (Fsp3) is 0.867. The van der Waals surface area contributed by atoms with Crippen molar-refractivity contribution in [3.63, 3.8) is 0 Å². The minimum atomic E-state index is -0.362. The number of nitrogens with two attached hydrogens (primary N) is 1. The Morgan fingerprint density at radius 3 is 2.53 bits per heavy atom. The van der Waals surface area contributed by atoms with E-state index in [4.69, 9.17) is 5.73 Å². The molecule has 3 N–H and O–H groups in total. The Hall–Kier alpha value is -0.420. The molecule has 1 fully saturated rings. The molecule has 0 radical (unpaired) electrons. The zero-order valence-corrected chi connectivity index (χ0v) is 12.1. The van der Waals surface area contributed by atoms with Crippen LogP contribution in [0.5, 0.6) is 0 Å². The number of aliphatic hydroxyl groups is 1. The van der Waals surface area contributed by atoms with Gasteiger partial charge in [0, 0.05) is 45.8 Å². The minimum absolute atomic E-state index is 0.362. The molecule has 110 valence electrons. The van der Waals surface area contributed by atoms with E-state index in [-0.39, 0.29) is 6.10 Å². The summed E-state index contributed by atoms with van der Waals surface area (Å²) in [5.41, 5.74) is 7.13. The topological polar surface area (TPSA) is 52.7 Å². The summed E-state index contributed by atoms with van der Waals surface area (Å²) in [7, 11) is 0. The van der Waals surface area contributed by atoms with Crippen LogP contribution in [0.15, 0.2) is 11.6 Å². The lowest BCUT2D eigenvalue weighted by atomic mass is 9.97. The van der Waals surface area contributed by atoms with Crippen molar-refractivity contribution in [3.8, 4) is 0 Å². The van der Waals surface area contributed by atoms with Crippen LogP contribution < -0.4 is 5.73 Å². The molecule has 2 rings (SSSR count). The lowest BCUT2D eigenvalue weighted by Gasteiger charge is -2.35. The Morgan fingerprint density at radius 2 is 1.89 bits per heavy atom. The van der Waals surface area contributed by atoms with Gasteiger partial charge in [0.1, 0.15) is 0 Å². The van der Waals surface area contributed by atoms with Gasteiger partial charge in [-0.1, -0.05) is 11.6 Å². The molecule has 0 aromatic carbocycles. The highest BCUT2D eigenvalue weighted by Crippen LogP contribution is 2.20. The number of hydrogen-bond acceptors (Lipinski definition) is 4. The molecule has 1 atom stereocenters. The Bertz CT molecular complexity index is 285. The van der Waals surface area contributed by atoms with E-state index in [0.717, 1.165) is 32.7 Å². The monoisotopic (exact) mass is 267 g/mol. The Balaban J connectivity index is 1.62. The van der Waals surface area contributed by atoms with Gasteiger partial charge in [-0.25, -0.2) is 0 Å². The Morgan fingerprint density at radius 1 is 1.16 bits per heavy atom. The standard InChI is InChI=1S/C15H29N3O/c16-12-15(19)13-18-10-8-17(9-11-18)7-6-14-4-2-1-3-5-14/h4,15,19H,1-3,5-13,16H2. The number of aliphatic hydroxyl groups excluding tert-OH is 1. The molecule has 2 aliphatic rings. The summed E-state index contributed by atoms with van der Waals surface area (Å²) in [5.74, 6) is 0. The number of rotatable bonds is 6. The maximum atomic E-state index is 9.56. The molecule has 4 nitrogen and oxygen atoms in total. The third kappa shape index (κ3) is 5.22. The summed E-state index contributed by atoms with van der Waals surface area (Å²) < 4.78 is 0. The van der Waals surface area contributed by atoms with Crippen LogP contribution >= 0.6 is 0 Å². The molecule has 0 bridgehead atoms. The minimum Gasteiger partial charge on any atom is -0.390 e. The average molecular weight is 267 g/mol. The van der Waals surface area contributed by atoms with E-state index >= 15 is 0 Å². The highest BCUT2D eigenvalue weighted by molar-refractivity contribution is 5.05. The molecular weight excluding hydrogens is 238 g/mol. The zero-order chi connectivity index (χ0) is 13.5. The Kier molecular flexibility index (Phi) is 6.31. The first-order chi connectivity index (χ1) is 9.28. The zero-order valence-electron chi connectivity index (χ0n) is 12.1. The van der Waals surface area contributed by atoms with E-state index in [1.807, 2.05) is 0 Å². The predicted molar refractivity (Wildman–Crippen MR) is 79.1 cm³/mol. The average Bonchev–Trinajstić information content (AvgIpc) is 2.47. The van der Waals surface area contributed by atoms with Crippen LogP contribution in [0.25, 0.3) is 0 Å². The molecule has 1 unspecified atom stereocenters. The number of piperazine rings is 1. The molecule has 1 saturated heterocycles. The van der Waals surface area contributed by atoms with Crippen LogP contribution in [0, 0.1) is 0 Å². The molecule has 1 aliphatic heterocycles. The molecule has 1 heterocycles. The van der Waals surface area contributed by atoms with Gasteiger partial charge in [-0.05, 0) is 32.1 Å². The van der Waals surface area contributed by atoms with E-state index < -0.39 is 0 Å². The summed E-state index contributed by atoms with van der Waals surface area (Å²) in [6, 6.07) is 0. The number of nitrogens with zero attached hydrogens (tertiary/aromatic N) is 2. The maximum absolute atomic E-state index is 9.56. The van der Waals surface area contributed by atoms with Gasteiger partial charge < -0.3 is 15.7 Å². The van der Waals surface area contributed by atoms with Crippen LogP contribution in [0.2, 0.25) is 0 Å². The van der Waals surface area contributed by atoms with Crippen LogP contribution in [-0.4, -0.2) is 66.8 Å². The van der Waals surface area contributed by atoms with Crippen LogP contribution in [0.4, 0.5) is 0 Å². The summed E-state index contributed by atoms with van der Waals surface area (Å²) in [4.78, 5) is 4.88. The molecule has 0 amide bonds. The van der Waals surface area contributed by atoms with Gasteiger partial charge in [0.15, 0.2) is 0 Å². The van der Waals surface area contributed by atoms with Crippen molar-refractivity contribution in [2.45, 2.75) is 38.2 Å². The summed E-state index contributed by atoms with van der Waals surface area (Å²) in [5, 5.41) is 9.56. The predicted octanol–water partition coefficient (Wildman–Crippen LogP) is 0.814. The number of β-amino-alcohol motifs (C(OH)–C–C–N with tert-alkyl or cyclic N) is 1. The number of hydrogen-bond donors (Lipinski definition) is 2. The smallest absolute Gasteiger partial charge is 0.0789 e. The second-order valence-corrected chi connectivity index (χ2v) is 5.89. The van der Waals surface area contributed by atoms with Gasteiger partial charge in [0.05, 0.1) is 6.10 Å². The first-order valence-corrected chi connectivity index (χ1v) is 7.78. The van der Waals surface area contributed by atoms with Gasteiger partial charge in [-0.15, -0.1) is 0 Å². The van der Waals surface area contributed by atoms with Crippen molar-refractivity contribution in [1.29, 1.82) is 0 Å². The molecule has 1 aliphatic carbocycles. The van der Waals surface area contributed by atoms with E-state index in [0.29, 0.717) is 6.54 Å². The number of allylic oxidation sites excluding steroid dienone is 1. The van der Waals surface area contributed by atoms with Crippen molar-refractivity contribution in [2.75, 3.05) is 45.8 Å². The quantitative estimate of drug-likeness (QED) is 0.700. The van der Waals surface area contributed by atoms with Crippen molar-refractivity contribution in [3.05, 3.63) is 11.6 Å². The highest BCUT2D eigenvalue weighted by Gasteiger charge is 2.18. The van der Waals surface area contributed by atoms with Crippen molar-refractivity contribution < 1.29 is 5.11 Å². The molecule has 19 heavy (non-hydrogen) atoms. The highest BCUT2D eigenvalue weighted by atomic mass is 16.3. The molecular formula is C15H29N3O. The van der Waals surface area contributed by atoms with Crippen molar-refractivity contribution in [2.24, 2.45) is 5.73 Å². The van der Waals surface area contributed by atoms with Crippen molar-refractivity contribution >= 4 is 0 Å². The Labute approximate surface area is 117 Å². The fourth-order valence-electron chi connectivity index (χ4n) is 3.00. The SMILES string of the molecule is NCC(O)CN1CCN(CCC2=CCCCC2)CC1. The lowest BCUT2D eigenvalue weighted by Crippen LogP contribution is -2.49. The molecule has 0 aromatic rings. The van der Waals surface area contributed by atoms with Gasteiger partial charge in [-0.2, -0.15) is 0 Å². The van der Waals surface area contributed by atoms with Crippen LogP contribution in [-0.2, 0) is 0 Å². The second-order valence-electron chi connectivity index (χ2n) is 5.89. The fourth-order valence-corrected chi connectivity index (χ4v) is 3.00. The van der Waals surface area contributed by atoms with Gasteiger partial charge in [0.25, 0.3) is 0 Å². The third-order valence-electron chi connectivity index (χ3n) is 4.34.